The lowest BCUT2D eigenvalue weighted by molar-refractivity contribution is -0.384. The molecule has 0 fully saturated rings. The van der Waals surface area contributed by atoms with Gasteiger partial charge in [0.1, 0.15) is 5.75 Å². The van der Waals surface area contributed by atoms with Crippen LogP contribution < -0.4 is 10.1 Å². The van der Waals surface area contributed by atoms with Gasteiger partial charge in [0, 0.05) is 17.5 Å². The number of benzene rings is 1. The topological polar surface area (TPSA) is 107 Å². The van der Waals surface area contributed by atoms with E-state index in [1.165, 1.54) is 37.1 Å². The number of nitro benzene ring substituents is 1. The standard InChI is InChI=1S/C17H20N4O4S/c1-9-10(2)18-17(19-11(9)3)26-12(4)16(22)20-14-7-6-13(21(23)24)8-15(14)25-5/h6-8,12H,1-5H3,(H,20,22)/t12-/m1/s1. The van der Waals surface area contributed by atoms with E-state index >= 15 is 0 Å². The molecular weight excluding hydrogens is 356 g/mol. The molecule has 9 heteroatoms. The maximum Gasteiger partial charge on any atom is 0.273 e. The molecule has 0 aliphatic carbocycles. The second-order valence-corrected chi connectivity index (χ2v) is 7.00. The minimum Gasteiger partial charge on any atom is -0.494 e. The minimum absolute atomic E-state index is 0.110. The first kappa shape index (κ1) is 19.6. The van der Waals surface area contributed by atoms with Gasteiger partial charge in [-0.2, -0.15) is 0 Å². The Morgan fingerprint density at radius 3 is 2.42 bits per heavy atom. The lowest BCUT2D eigenvalue weighted by atomic mass is 10.2. The summed E-state index contributed by atoms with van der Waals surface area (Å²) < 4.78 is 5.13. The van der Waals surface area contributed by atoms with E-state index in [2.05, 4.69) is 15.3 Å². The summed E-state index contributed by atoms with van der Waals surface area (Å²) in [6.45, 7) is 7.50. The van der Waals surface area contributed by atoms with Crippen molar-refractivity contribution in [3.8, 4) is 5.75 Å². The number of hydrogen-bond donors (Lipinski definition) is 1. The summed E-state index contributed by atoms with van der Waals surface area (Å²) >= 11 is 1.25. The predicted octanol–water partition coefficient (Wildman–Crippen LogP) is 3.44. The number of carbonyl (C=O) groups is 1. The smallest absolute Gasteiger partial charge is 0.273 e. The van der Waals surface area contributed by atoms with Gasteiger partial charge in [-0.15, -0.1) is 0 Å². The van der Waals surface area contributed by atoms with Crippen molar-refractivity contribution >= 4 is 29.0 Å². The van der Waals surface area contributed by atoms with Crippen molar-refractivity contribution in [2.75, 3.05) is 12.4 Å². The first-order chi connectivity index (χ1) is 12.2. The number of nitrogens with one attached hydrogen (secondary N) is 1. The Morgan fingerprint density at radius 2 is 1.88 bits per heavy atom. The number of non-ortho nitro benzene ring substituents is 1. The number of nitrogens with zero attached hydrogens (tertiary/aromatic N) is 3. The van der Waals surface area contributed by atoms with E-state index in [4.69, 9.17) is 4.74 Å². The van der Waals surface area contributed by atoms with E-state index in [1.807, 2.05) is 20.8 Å². The third kappa shape index (κ3) is 4.48. The highest BCUT2D eigenvalue weighted by atomic mass is 32.2. The Morgan fingerprint density at radius 1 is 1.27 bits per heavy atom. The predicted molar refractivity (Wildman–Crippen MR) is 99.8 cm³/mol. The number of aryl methyl sites for hydroxylation is 2. The van der Waals surface area contributed by atoms with Crippen LogP contribution in [0, 0.1) is 30.9 Å². The second-order valence-electron chi connectivity index (χ2n) is 5.69. The molecule has 2 aromatic rings. The van der Waals surface area contributed by atoms with Crippen LogP contribution in [0.4, 0.5) is 11.4 Å². The first-order valence-electron chi connectivity index (χ1n) is 7.84. The quantitative estimate of drug-likeness (QED) is 0.356. The molecule has 8 nitrogen and oxygen atoms in total. The number of thioether (sulfide) groups is 1. The summed E-state index contributed by atoms with van der Waals surface area (Å²) in [5, 5.41) is 13.6. The van der Waals surface area contributed by atoms with E-state index in [0.29, 0.717) is 10.8 Å². The number of hydrogen-bond acceptors (Lipinski definition) is 7. The van der Waals surface area contributed by atoms with Crippen LogP contribution in [-0.4, -0.2) is 33.2 Å². The largest absolute Gasteiger partial charge is 0.494 e. The average molecular weight is 376 g/mol. The monoisotopic (exact) mass is 376 g/mol. The van der Waals surface area contributed by atoms with Crippen molar-refractivity contribution in [2.24, 2.45) is 0 Å². The zero-order chi connectivity index (χ0) is 19.4. The normalized spacial score (nSPS) is 11.7. The molecule has 0 radical (unpaired) electrons. The molecule has 0 aliphatic heterocycles. The molecule has 1 atom stereocenters. The summed E-state index contributed by atoms with van der Waals surface area (Å²) in [6.07, 6.45) is 0. The average Bonchev–Trinajstić information content (AvgIpc) is 2.59. The van der Waals surface area contributed by atoms with Crippen LogP contribution in [0.2, 0.25) is 0 Å². The van der Waals surface area contributed by atoms with E-state index in [9.17, 15) is 14.9 Å². The molecule has 0 unspecified atom stereocenters. The fourth-order valence-corrected chi connectivity index (χ4v) is 3.00. The number of anilines is 1. The Bertz CT molecular complexity index is 834. The highest BCUT2D eigenvalue weighted by Crippen LogP contribution is 2.30. The first-order valence-corrected chi connectivity index (χ1v) is 8.72. The van der Waals surface area contributed by atoms with Gasteiger partial charge in [0.25, 0.3) is 5.69 Å². The van der Waals surface area contributed by atoms with E-state index in [0.717, 1.165) is 17.0 Å². The second kappa shape index (κ2) is 8.13. The molecule has 0 aliphatic rings. The van der Waals surface area contributed by atoms with Crippen molar-refractivity contribution < 1.29 is 14.5 Å². The molecule has 0 saturated heterocycles. The molecule has 2 rings (SSSR count). The van der Waals surface area contributed by atoms with Gasteiger partial charge in [-0.3, -0.25) is 14.9 Å². The minimum atomic E-state index is -0.522. The lowest BCUT2D eigenvalue weighted by Gasteiger charge is -2.14. The molecule has 26 heavy (non-hydrogen) atoms. The molecule has 1 aromatic carbocycles. The summed E-state index contributed by atoms with van der Waals surface area (Å²) in [6, 6.07) is 4.03. The molecule has 138 valence electrons. The summed E-state index contributed by atoms with van der Waals surface area (Å²) in [5.41, 5.74) is 3.05. The van der Waals surface area contributed by atoms with Crippen LogP contribution >= 0.6 is 11.8 Å². The molecule has 0 spiro atoms. The molecule has 1 N–H and O–H groups in total. The fourth-order valence-electron chi connectivity index (χ4n) is 2.14. The third-order valence-electron chi connectivity index (χ3n) is 3.92. The molecule has 0 bridgehead atoms. The lowest BCUT2D eigenvalue weighted by Crippen LogP contribution is -2.23. The molecule has 1 amide bonds. The van der Waals surface area contributed by atoms with Crippen LogP contribution in [0.15, 0.2) is 23.4 Å². The Labute approximate surface area is 155 Å². The highest BCUT2D eigenvalue weighted by Gasteiger charge is 2.20. The Balaban J connectivity index is 2.13. The number of carbonyl (C=O) groups excluding carboxylic acids is 1. The number of aromatic nitrogens is 2. The number of nitro groups is 1. The summed E-state index contributed by atoms with van der Waals surface area (Å²) in [4.78, 5) is 31.6. The SMILES string of the molecule is COc1cc([N+](=O)[O-])ccc1NC(=O)[C@@H](C)Sc1nc(C)c(C)c(C)n1. The van der Waals surface area contributed by atoms with Gasteiger partial charge in [-0.1, -0.05) is 11.8 Å². The van der Waals surface area contributed by atoms with Crippen LogP contribution in [-0.2, 0) is 4.79 Å². The van der Waals surface area contributed by atoms with Crippen LogP contribution in [0.25, 0.3) is 0 Å². The van der Waals surface area contributed by atoms with Gasteiger partial charge in [-0.05, 0) is 39.3 Å². The van der Waals surface area contributed by atoms with Crippen molar-refractivity contribution in [3.05, 3.63) is 45.3 Å². The maximum absolute atomic E-state index is 12.5. The van der Waals surface area contributed by atoms with Gasteiger partial charge < -0.3 is 10.1 Å². The van der Waals surface area contributed by atoms with Crippen molar-refractivity contribution in [3.63, 3.8) is 0 Å². The number of methoxy groups -OCH3 is 1. The van der Waals surface area contributed by atoms with Crippen molar-refractivity contribution in [2.45, 2.75) is 38.1 Å². The highest BCUT2D eigenvalue weighted by molar-refractivity contribution is 8.00. The van der Waals surface area contributed by atoms with Gasteiger partial charge in [-0.25, -0.2) is 9.97 Å². The van der Waals surface area contributed by atoms with Crippen LogP contribution in [0.5, 0.6) is 5.75 Å². The third-order valence-corrected chi connectivity index (χ3v) is 4.88. The van der Waals surface area contributed by atoms with Crippen LogP contribution in [0.1, 0.15) is 23.9 Å². The molecule has 0 saturated carbocycles. The van der Waals surface area contributed by atoms with Crippen molar-refractivity contribution in [1.82, 2.24) is 9.97 Å². The van der Waals surface area contributed by atoms with E-state index < -0.39 is 10.2 Å². The number of amides is 1. The van der Waals surface area contributed by atoms with Gasteiger partial charge in [0.2, 0.25) is 5.91 Å². The fraction of sp³-hybridized carbons (Fsp3) is 0.353. The molecule has 1 aromatic heterocycles. The summed E-state index contributed by atoms with van der Waals surface area (Å²) in [7, 11) is 1.39. The molecule has 1 heterocycles. The number of ether oxygens (including phenoxy) is 1. The Hall–Kier alpha value is -2.68. The zero-order valence-electron chi connectivity index (χ0n) is 15.2. The van der Waals surface area contributed by atoms with Gasteiger partial charge >= 0.3 is 0 Å². The zero-order valence-corrected chi connectivity index (χ0v) is 16.0. The Kier molecular flexibility index (Phi) is 6.14. The van der Waals surface area contributed by atoms with Crippen molar-refractivity contribution in [1.29, 1.82) is 0 Å². The van der Waals surface area contributed by atoms with Crippen LogP contribution in [0.3, 0.4) is 0 Å². The molecular formula is C17H20N4O4S. The maximum atomic E-state index is 12.5. The van der Waals surface area contributed by atoms with Gasteiger partial charge in [0.05, 0.1) is 29.0 Å². The van der Waals surface area contributed by atoms with E-state index in [1.54, 1.807) is 6.92 Å². The number of rotatable bonds is 6. The van der Waals surface area contributed by atoms with E-state index in [-0.39, 0.29) is 17.3 Å². The van der Waals surface area contributed by atoms with Gasteiger partial charge in [0.15, 0.2) is 5.16 Å². The summed E-state index contributed by atoms with van der Waals surface area (Å²) in [5.74, 6) is -0.0512.